The van der Waals surface area contributed by atoms with Gasteiger partial charge in [-0.2, -0.15) is 0 Å². The van der Waals surface area contributed by atoms with E-state index in [1.807, 2.05) is 12.3 Å². The van der Waals surface area contributed by atoms with Crippen molar-refractivity contribution in [3.05, 3.63) is 41.6 Å². The number of hydrogen-bond donors (Lipinski definition) is 4. The minimum Gasteiger partial charge on any atom is -0.398 e. The molecule has 1 unspecified atom stereocenters. The molecule has 88 valence electrons. The Morgan fingerprint density at radius 2 is 2.24 bits per heavy atom. The van der Waals surface area contributed by atoms with E-state index in [4.69, 9.17) is 5.73 Å². The molecule has 0 amide bonds. The third kappa shape index (κ3) is 1.66. The zero-order valence-corrected chi connectivity index (χ0v) is 9.75. The fraction of sp³-hybridized carbons (Fsp3) is 0.231. The molecule has 1 atom stereocenters. The number of hydrogen-bond acceptors (Lipinski definition) is 4. The van der Waals surface area contributed by atoms with Gasteiger partial charge in [0, 0.05) is 29.7 Å². The molecule has 0 fully saturated rings. The first kappa shape index (κ1) is 10.2. The normalized spacial score (nSPS) is 22.1. The largest absolute Gasteiger partial charge is 0.398 e. The van der Waals surface area contributed by atoms with Crippen LogP contribution in [0, 0.1) is 0 Å². The first-order valence-electron chi connectivity index (χ1n) is 5.81. The second kappa shape index (κ2) is 3.82. The van der Waals surface area contributed by atoms with Gasteiger partial charge in [0.05, 0.1) is 6.04 Å². The van der Waals surface area contributed by atoms with Crippen molar-refractivity contribution in [3.63, 3.8) is 0 Å². The molecule has 0 spiro atoms. The van der Waals surface area contributed by atoms with Gasteiger partial charge in [-0.25, -0.2) is 5.43 Å². The van der Waals surface area contributed by atoms with Crippen molar-refractivity contribution in [1.29, 1.82) is 0 Å². The molecular formula is C13H16N4. The Labute approximate surface area is 101 Å². The Kier molecular flexibility index (Phi) is 2.30. The van der Waals surface area contributed by atoms with Crippen molar-refractivity contribution in [2.75, 3.05) is 11.9 Å². The molecule has 0 saturated carbocycles. The number of fused-ring (bicyclic) bond motifs is 1. The first-order valence-corrected chi connectivity index (χ1v) is 5.81. The Bertz CT molecular complexity index is 516. The van der Waals surface area contributed by atoms with E-state index in [1.165, 1.54) is 11.1 Å². The van der Waals surface area contributed by atoms with Crippen molar-refractivity contribution >= 4 is 17.0 Å². The summed E-state index contributed by atoms with van der Waals surface area (Å²) in [6, 6.07) is 6.68. The second-order valence-electron chi connectivity index (χ2n) is 4.41. The summed E-state index contributed by atoms with van der Waals surface area (Å²) in [7, 11) is 0. The molecule has 0 saturated heterocycles. The van der Waals surface area contributed by atoms with Gasteiger partial charge in [0.25, 0.3) is 0 Å². The van der Waals surface area contributed by atoms with Gasteiger partial charge in [-0.1, -0.05) is 6.07 Å². The Balaban J connectivity index is 2.04. The molecule has 5 N–H and O–H groups in total. The minimum atomic E-state index is 0.315. The van der Waals surface area contributed by atoms with Crippen LogP contribution >= 0.6 is 0 Å². The molecule has 0 radical (unpaired) electrons. The molecule has 17 heavy (non-hydrogen) atoms. The lowest BCUT2D eigenvalue weighted by molar-refractivity contribution is 0.627. The molecule has 1 aromatic carbocycles. The maximum Gasteiger partial charge on any atom is 0.0502 e. The van der Waals surface area contributed by atoms with Gasteiger partial charge < -0.3 is 16.5 Å². The van der Waals surface area contributed by atoms with E-state index in [0.29, 0.717) is 6.04 Å². The minimum absolute atomic E-state index is 0.315. The van der Waals surface area contributed by atoms with Crippen LogP contribution in [0.4, 0.5) is 5.69 Å². The molecule has 4 nitrogen and oxygen atoms in total. The molecule has 3 rings (SSSR count). The molecule has 0 aliphatic carbocycles. The van der Waals surface area contributed by atoms with Gasteiger partial charge in [0.1, 0.15) is 0 Å². The maximum absolute atomic E-state index is 6.02. The molecule has 2 aliphatic rings. The van der Waals surface area contributed by atoms with E-state index in [9.17, 15) is 0 Å². The lowest BCUT2D eigenvalue weighted by Crippen LogP contribution is -2.28. The van der Waals surface area contributed by atoms with E-state index in [0.717, 1.165) is 23.5 Å². The number of hydrazine groups is 1. The quantitative estimate of drug-likeness (QED) is 0.584. The summed E-state index contributed by atoms with van der Waals surface area (Å²) >= 11 is 0. The molecule has 0 bridgehead atoms. The summed E-state index contributed by atoms with van der Waals surface area (Å²) in [6.07, 6.45) is 4.01. The summed E-state index contributed by atoms with van der Waals surface area (Å²) in [5, 5.41) is 3.31. The molecule has 2 heterocycles. The summed E-state index contributed by atoms with van der Waals surface area (Å²) in [5.41, 5.74) is 17.7. The predicted molar refractivity (Wildman–Crippen MR) is 70.8 cm³/mol. The van der Waals surface area contributed by atoms with Gasteiger partial charge in [0.2, 0.25) is 0 Å². The van der Waals surface area contributed by atoms with Gasteiger partial charge in [-0.3, -0.25) is 0 Å². The van der Waals surface area contributed by atoms with Crippen molar-refractivity contribution in [2.24, 2.45) is 5.73 Å². The van der Waals surface area contributed by atoms with Crippen LogP contribution in [0.2, 0.25) is 0 Å². The van der Waals surface area contributed by atoms with E-state index < -0.39 is 0 Å². The zero-order valence-electron chi connectivity index (χ0n) is 9.75. The third-order valence-electron chi connectivity index (χ3n) is 3.27. The molecule has 4 heteroatoms. The number of rotatable bonds is 1. The van der Waals surface area contributed by atoms with Crippen molar-refractivity contribution in [2.45, 2.75) is 13.0 Å². The molecule has 1 aromatic rings. The van der Waals surface area contributed by atoms with Gasteiger partial charge >= 0.3 is 0 Å². The molecule has 0 aromatic heterocycles. The monoisotopic (exact) mass is 228 g/mol. The maximum atomic E-state index is 6.02. The number of nitrogens with one attached hydrogen (secondary N) is 3. The van der Waals surface area contributed by atoms with Crippen LogP contribution in [-0.4, -0.2) is 12.6 Å². The zero-order chi connectivity index (χ0) is 11.8. The first-order chi connectivity index (χ1) is 8.25. The summed E-state index contributed by atoms with van der Waals surface area (Å²) in [4.78, 5) is 0. The van der Waals surface area contributed by atoms with Crippen LogP contribution in [0.15, 0.2) is 30.5 Å². The highest BCUT2D eigenvalue weighted by atomic mass is 15.4. The Morgan fingerprint density at radius 3 is 3.00 bits per heavy atom. The van der Waals surface area contributed by atoms with Gasteiger partial charge in [-0.15, -0.1) is 0 Å². The molecule has 2 aliphatic heterocycles. The van der Waals surface area contributed by atoms with Crippen LogP contribution in [0.3, 0.4) is 0 Å². The number of nitrogens with two attached hydrogens (primary N) is 1. The van der Waals surface area contributed by atoms with Gasteiger partial charge in [0.15, 0.2) is 0 Å². The van der Waals surface area contributed by atoms with Crippen molar-refractivity contribution in [1.82, 2.24) is 10.9 Å². The summed E-state index contributed by atoms with van der Waals surface area (Å²) < 4.78 is 0. The van der Waals surface area contributed by atoms with E-state index in [2.05, 4.69) is 41.3 Å². The third-order valence-corrected chi connectivity index (χ3v) is 3.27. The SMILES string of the molecule is CC1NNC=C1c1ccc2c(c1)C(N)=CCN2. The van der Waals surface area contributed by atoms with E-state index in [-0.39, 0.29) is 0 Å². The smallest absolute Gasteiger partial charge is 0.0502 e. The predicted octanol–water partition coefficient (Wildman–Crippen LogP) is 1.25. The average molecular weight is 228 g/mol. The highest BCUT2D eigenvalue weighted by Crippen LogP contribution is 2.29. The van der Waals surface area contributed by atoms with Crippen molar-refractivity contribution < 1.29 is 0 Å². The van der Waals surface area contributed by atoms with E-state index >= 15 is 0 Å². The highest BCUT2D eigenvalue weighted by molar-refractivity contribution is 5.82. The second-order valence-corrected chi connectivity index (χ2v) is 4.41. The Morgan fingerprint density at radius 1 is 1.35 bits per heavy atom. The topological polar surface area (TPSA) is 62.1 Å². The van der Waals surface area contributed by atoms with Crippen LogP contribution in [0.1, 0.15) is 18.1 Å². The fourth-order valence-corrected chi connectivity index (χ4v) is 2.28. The van der Waals surface area contributed by atoms with E-state index in [1.54, 1.807) is 0 Å². The van der Waals surface area contributed by atoms with Crippen LogP contribution in [-0.2, 0) is 0 Å². The summed E-state index contributed by atoms with van der Waals surface area (Å²) in [5.74, 6) is 0. The summed E-state index contributed by atoms with van der Waals surface area (Å²) in [6.45, 7) is 2.93. The van der Waals surface area contributed by atoms with Crippen LogP contribution < -0.4 is 21.9 Å². The van der Waals surface area contributed by atoms with Crippen LogP contribution in [0.25, 0.3) is 11.3 Å². The fourth-order valence-electron chi connectivity index (χ4n) is 2.28. The number of anilines is 1. The highest BCUT2D eigenvalue weighted by Gasteiger charge is 2.17. The molecular weight excluding hydrogens is 212 g/mol. The average Bonchev–Trinajstić information content (AvgIpc) is 2.76. The lowest BCUT2D eigenvalue weighted by atomic mass is 9.96. The lowest BCUT2D eigenvalue weighted by Gasteiger charge is -2.18. The van der Waals surface area contributed by atoms with Crippen molar-refractivity contribution in [3.8, 4) is 0 Å². The Hall–Kier alpha value is -1.94. The van der Waals surface area contributed by atoms with Crippen LogP contribution in [0.5, 0.6) is 0 Å². The van der Waals surface area contributed by atoms with Gasteiger partial charge in [-0.05, 0) is 36.3 Å². The standard InChI is InChI=1S/C13H16N4/c1-8-11(7-16-17-8)9-2-3-13-10(6-9)12(14)4-5-15-13/h2-4,6-8,15-17H,5,14H2,1H3. The number of benzene rings is 1.